The molecule has 2 aromatic carbocycles. The second-order valence-electron chi connectivity index (χ2n) is 8.36. The maximum absolute atomic E-state index is 13.3. The summed E-state index contributed by atoms with van der Waals surface area (Å²) in [5, 5.41) is 14.7. The molecule has 1 aromatic heterocycles. The smallest absolute Gasteiger partial charge is 0.123 e. The summed E-state index contributed by atoms with van der Waals surface area (Å²) in [6.45, 7) is 4.91. The second kappa shape index (κ2) is 8.47. The fraction of sp³-hybridized carbons (Fsp3) is 0.375. The largest absolute Gasteiger partial charge is 0.396 e. The van der Waals surface area contributed by atoms with Gasteiger partial charge in [-0.1, -0.05) is 29.8 Å². The van der Waals surface area contributed by atoms with E-state index >= 15 is 0 Å². The Morgan fingerprint density at radius 3 is 2.72 bits per heavy atom. The van der Waals surface area contributed by atoms with E-state index in [1.807, 2.05) is 29.1 Å². The second-order valence-corrected chi connectivity index (χ2v) is 8.36. The van der Waals surface area contributed by atoms with E-state index in [9.17, 15) is 9.50 Å². The molecule has 152 valence electrons. The Morgan fingerprint density at radius 1 is 1.17 bits per heavy atom. The lowest BCUT2D eigenvalue weighted by Crippen LogP contribution is -2.46. The molecule has 1 fully saturated rings. The molecule has 5 heteroatoms. The molecule has 0 spiro atoms. The lowest BCUT2D eigenvalue weighted by Gasteiger charge is -2.42. The fourth-order valence-electron chi connectivity index (χ4n) is 4.53. The molecule has 3 aromatic rings. The number of benzene rings is 2. The van der Waals surface area contributed by atoms with Gasteiger partial charge >= 0.3 is 0 Å². The number of likely N-dealkylation sites (tertiary alicyclic amines) is 1. The van der Waals surface area contributed by atoms with Gasteiger partial charge in [-0.3, -0.25) is 4.90 Å². The molecule has 1 aliphatic rings. The number of halogens is 1. The predicted octanol–water partition coefficient (Wildman–Crippen LogP) is 4.14. The van der Waals surface area contributed by atoms with Gasteiger partial charge in [0, 0.05) is 30.9 Å². The highest BCUT2D eigenvalue weighted by atomic mass is 19.1. The lowest BCUT2D eigenvalue weighted by atomic mass is 9.75. The lowest BCUT2D eigenvalue weighted by molar-refractivity contribution is 0.0288. The molecule has 4 nitrogen and oxygen atoms in total. The number of piperidine rings is 1. The van der Waals surface area contributed by atoms with Crippen LogP contribution in [0, 0.1) is 18.2 Å². The summed E-state index contributed by atoms with van der Waals surface area (Å²) in [4.78, 5) is 2.44. The Morgan fingerprint density at radius 2 is 2.00 bits per heavy atom. The maximum atomic E-state index is 13.3. The van der Waals surface area contributed by atoms with Gasteiger partial charge < -0.3 is 5.11 Å². The topological polar surface area (TPSA) is 41.3 Å². The van der Waals surface area contributed by atoms with Gasteiger partial charge in [0.2, 0.25) is 0 Å². The van der Waals surface area contributed by atoms with Crippen molar-refractivity contribution < 1.29 is 9.50 Å². The maximum Gasteiger partial charge on any atom is 0.123 e. The van der Waals surface area contributed by atoms with Crippen LogP contribution in [0.15, 0.2) is 60.9 Å². The van der Waals surface area contributed by atoms with E-state index in [0.29, 0.717) is 0 Å². The van der Waals surface area contributed by atoms with E-state index in [0.717, 1.165) is 50.1 Å². The average molecular weight is 394 g/mol. The van der Waals surface area contributed by atoms with Gasteiger partial charge in [0.05, 0.1) is 12.3 Å². The summed E-state index contributed by atoms with van der Waals surface area (Å²) in [6, 6.07) is 15.1. The monoisotopic (exact) mass is 393 g/mol. The molecule has 1 unspecified atom stereocenters. The quantitative estimate of drug-likeness (QED) is 0.684. The Kier molecular flexibility index (Phi) is 5.79. The van der Waals surface area contributed by atoms with Crippen molar-refractivity contribution in [3.63, 3.8) is 0 Å². The highest BCUT2D eigenvalue weighted by Crippen LogP contribution is 2.34. The molecule has 1 aliphatic heterocycles. The highest BCUT2D eigenvalue weighted by molar-refractivity contribution is 5.42. The molecule has 29 heavy (non-hydrogen) atoms. The van der Waals surface area contributed by atoms with Crippen molar-refractivity contribution in [2.45, 2.75) is 32.7 Å². The molecule has 0 saturated carbocycles. The number of rotatable bonds is 6. The average Bonchev–Trinajstić information content (AvgIpc) is 3.25. The van der Waals surface area contributed by atoms with Crippen molar-refractivity contribution in [1.82, 2.24) is 14.7 Å². The third-order valence-corrected chi connectivity index (χ3v) is 5.95. The summed E-state index contributed by atoms with van der Waals surface area (Å²) >= 11 is 0. The minimum Gasteiger partial charge on any atom is -0.396 e. The van der Waals surface area contributed by atoms with Crippen LogP contribution >= 0.6 is 0 Å². The van der Waals surface area contributed by atoms with Gasteiger partial charge in [0.15, 0.2) is 0 Å². The molecule has 0 radical (unpaired) electrons. The standard InChI is InChI=1S/C24H28FN3O/c1-19-4-9-23(28-13-3-11-26-28)21(14-19)16-27-12-2-10-24(17-27,18-29)15-20-5-7-22(25)8-6-20/h3-9,11,13-14,29H,2,10,12,15-18H2,1H3. The molecular weight excluding hydrogens is 365 g/mol. The zero-order valence-corrected chi connectivity index (χ0v) is 16.9. The van der Waals surface area contributed by atoms with Gasteiger partial charge in [-0.15, -0.1) is 0 Å². The number of aromatic nitrogens is 2. The van der Waals surface area contributed by atoms with Crippen LogP contribution in [0.1, 0.15) is 29.5 Å². The van der Waals surface area contributed by atoms with Crippen molar-refractivity contribution in [3.8, 4) is 5.69 Å². The van der Waals surface area contributed by atoms with Crippen molar-refractivity contribution in [2.24, 2.45) is 5.41 Å². The molecule has 4 rings (SSSR count). The van der Waals surface area contributed by atoms with Crippen molar-refractivity contribution in [2.75, 3.05) is 19.7 Å². The molecule has 0 amide bonds. The Bertz CT molecular complexity index is 939. The first-order valence-corrected chi connectivity index (χ1v) is 10.2. The number of aliphatic hydroxyl groups is 1. The van der Waals surface area contributed by atoms with Crippen LogP contribution in [0.25, 0.3) is 5.69 Å². The zero-order valence-electron chi connectivity index (χ0n) is 16.9. The van der Waals surface area contributed by atoms with Crippen LogP contribution in [0.5, 0.6) is 0 Å². The molecule has 0 aliphatic carbocycles. The SMILES string of the molecule is Cc1ccc(-n2cccn2)c(CN2CCCC(CO)(Cc3ccc(F)cc3)C2)c1. The van der Waals surface area contributed by atoms with Crippen molar-refractivity contribution in [1.29, 1.82) is 0 Å². The number of nitrogens with zero attached hydrogens (tertiary/aromatic N) is 3. The molecule has 1 N–H and O–H groups in total. The van der Waals surface area contributed by atoms with Gasteiger partial charge in [-0.05, 0) is 68.1 Å². The first-order valence-electron chi connectivity index (χ1n) is 10.2. The van der Waals surface area contributed by atoms with Crippen LogP contribution in [0.3, 0.4) is 0 Å². The predicted molar refractivity (Wildman–Crippen MR) is 112 cm³/mol. The van der Waals surface area contributed by atoms with Crippen LogP contribution in [-0.4, -0.2) is 39.5 Å². The Hall–Kier alpha value is -2.50. The highest BCUT2D eigenvalue weighted by Gasteiger charge is 2.35. The van der Waals surface area contributed by atoms with E-state index in [-0.39, 0.29) is 17.8 Å². The van der Waals surface area contributed by atoms with Gasteiger partial charge in [-0.2, -0.15) is 5.10 Å². The minimum atomic E-state index is -0.220. The third-order valence-electron chi connectivity index (χ3n) is 5.95. The van der Waals surface area contributed by atoms with Crippen LogP contribution in [0.2, 0.25) is 0 Å². The van der Waals surface area contributed by atoms with Gasteiger partial charge in [0.25, 0.3) is 0 Å². The number of aryl methyl sites for hydroxylation is 1. The van der Waals surface area contributed by atoms with E-state index in [1.54, 1.807) is 6.20 Å². The minimum absolute atomic E-state index is 0.140. The third kappa shape index (κ3) is 4.57. The molecule has 1 saturated heterocycles. The Labute approximate surface area is 171 Å². The molecule has 2 heterocycles. The van der Waals surface area contributed by atoms with Gasteiger partial charge in [0.1, 0.15) is 5.82 Å². The molecule has 0 bridgehead atoms. The van der Waals surface area contributed by atoms with Crippen LogP contribution in [-0.2, 0) is 13.0 Å². The summed E-state index contributed by atoms with van der Waals surface area (Å²) in [6.07, 6.45) is 6.56. The van der Waals surface area contributed by atoms with E-state index < -0.39 is 0 Å². The summed E-state index contributed by atoms with van der Waals surface area (Å²) in [5.74, 6) is -0.220. The van der Waals surface area contributed by atoms with Crippen molar-refractivity contribution in [3.05, 3.63) is 83.4 Å². The number of hydrogen-bond acceptors (Lipinski definition) is 3. The summed E-state index contributed by atoms with van der Waals surface area (Å²) in [7, 11) is 0. The molecule has 1 atom stereocenters. The van der Waals surface area contributed by atoms with Gasteiger partial charge in [-0.25, -0.2) is 9.07 Å². The normalized spacial score (nSPS) is 20.1. The van der Waals surface area contributed by atoms with Crippen LogP contribution in [0.4, 0.5) is 4.39 Å². The van der Waals surface area contributed by atoms with E-state index in [4.69, 9.17) is 0 Å². The van der Waals surface area contributed by atoms with E-state index in [2.05, 4.69) is 35.1 Å². The number of hydrogen-bond donors (Lipinski definition) is 1. The summed E-state index contributed by atoms with van der Waals surface area (Å²) in [5.41, 5.74) is 4.46. The number of aliphatic hydroxyl groups excluding tert-OH is 1. The first kappa shape index (κ1) is 19.8. The van der Waals surface area contributed by atoms with Crippen LogP contribution < -0.4 is 0 Å². The molecular formula is C24H28FN3O. The Balaban J connectivity index is 1.54. The fourth-order valence-corrected chi connectivity index (χ4v) is 4.53. The first-order chi connectivity index (χ1) is 14.1. The summed E-state index contributed by atoms with van der Waals surface area (Å²) < 4.78 is 15.2. The van der Waals surface area contributed by atoms with E-state index in [1.165, 1.54) is 23.3 Å². The van der Waals surface area contributed by atoms with Crippen molar-refractivity contribution >= 4 is 0 Å². The zero-order chi connectivity index (χ0) is 20.3.